The Balaban J connectivity index is 1.77. The van der Waals surface area contributed by atoms with Crippen LogP contribution >= 0.6 is 0 Å². The van der Waals surface area contributed by atoms with E-state index in [4.69, 9.17) is 9.29 Å². The minimum absolute atomic E-state index is 0.0413. The van der Waals surface area contributed by atoms with E-state index in [1.54, 1.807) is 0 Å². The number of hydrogen-bond acceptors (Lipinski definition) is 4. The van der Waals surface area contributed by atoms with Gasteiger partial charge in [-0.05, 0) is 67.1 Å². The Morgan fingerprint density at radius 2 is 1.72 bits per heavy atom. The summed E-state index contributed by atoms with van der Waals surface area (Å²) in [5.74, 6) is 2.49. The van der Waals surface area contributed by atoms with E-state index in [9.17, 15) is 8.42 Å². The van der Waals surface area contributed by atoms with Crippen LogP contribution in [0.25, 0.3) is 0 Å². The molecular weight excluding hydrogens is 338 g/mol. The van der Waals surface area contributed by atoms with Gasteiger partial charge in [-0.1, -0.05) is 20.8 Å². The molecule has 2 N–H and O–H groups in total. The summed E-state index contributed by atoms with van der Waals surface area (Å²) in [7, 11) is -2.03. The molecule has 0 saturated heterocycles. The standard InChI is InChI=1S/C19H35NO4S/c1-17(2)13-7-9-19(4,24-5)14-6-8-18(3,16(14)15(13)17)12-20-10-11-25(21,22)23/h13-16,20H,6-12H2,1-5H3,(H,21,22,23)/t13-,14+,15-,16-,18-,19+/m1/s1. The van der Waals surface area contributed by atoms with Crippen LogP contribution in [0.15, 0.2) is 0 Å². The van der Waals surface area contributed by atoms with Gasteiger partial charge in [0.05, 0.1) is 11.4 Å². The zero-order valence-corrected chi connectivity index (χ0v) is 17.2. The summed E-state index contributed by atoms with van der Waals surface area (Å²) in [5, 5.41) is 3.31. The third-order valence-corrected chi connectivity index (χ3v) is 8.78. The molecule has 3 saturated carbocycles. The molecule has 6 atom stereocenters. The van der Waals surface area contributed by atoms with Gasteiger partial charge in [-0.15, -0.1) is 0 Å². The number of rotatable bonds is 6. The third-order valence-electron chi connectivity index (χ3n) is 8.06. The molecule has 6 heteroatoms. The smallest absolute Gasteiger partial charge is 0.266 e. The fourth-order valence-electron chi connectivity index (χ4n) is 6.40. The number of methoxy groups -OCH3 is 1. The Hall–Kier alpha value is -0.170. The Bertz CT molecular complexity index is 619. The maximum Gasteiger partial charge on any atom is 0.266 e. The number of ether oxygens (including phenoxy) is 1. The van der Waals surface area contributed by atoms with E-state index >= 15 is 0 Å². The lowest BCUT2D eigenvalue weighted by Gasteiger charge is -2.42. The van der Waals surface area contributed by atoms with Gasteiger partial charge in [-0.2, -0.15) is 8.42 Å². The molecule has 0 unspecified atom stereocenters. The van der Waals surface area contributed by atoms with Gasteiger partial charge in [0.15, 0.2) is 0 Å². The molecule has 3 rings (SSSR count). The normalized spacial score (nSPS) is 45.5. The van der Waals surface area contributed by atoms with Gasteiger partial charge < -0.3 is 10.1 Å². The molecule has 146 valence electrons. The molecule has 0 bridgehead atoms. The lowest BCUT2D eigenvalue weighted by Crippen LogP contribution is -2.45. The molecule has 5 nitrogen and oxygen atoms in total. The molecule has 0 radical (unpaired) electrons. The van der Waals surface area contributed by atoms with Crippen LogP contribution in [0.1, 0.15) is 53.4 Å². The third kappa shape index (κ3) is 3.40. The highest BCUT2D eigenvalue weighted by Gasteiger charge is 2.69. The molecule has 0 aliphatic heterocycles. The molecule has 0 aromatic carbocycles. The predicted octanol–water partition coefficient (Wildman–Crippen LogP) is 2.97. The monoisotopic (exact) mass is 373 g/mol. The Kier molecular flexibility index (Phi) is 4.84. The lowest BCUT2D eigenvalue weighted by molar-refractivity contribution is -0.0725. The first-order chi connectivity index (χ1) is 11.4. The maximum atomic E-state index is 10.9. The van der Waals surface area contributed by atoms with E-state index in [1.807, 2.05) is 7.11 Å². The summed E-state index contributed by atoms with van der Waals surface area (Å²) in [4.78, 5) is 0. The van der Waals surface area contributed by atoms with Crippen LogP contribution in [-0.2, 0) is 14.9 Å². The maximum absolute atomic E-state index is 10.9. The van der Waals surface area contributed by atoms with Gasteiger partial charge >= 0.3 is 0 Å². The van der Waals surface area contributed by atoms with E-state index in [-0.39, 0.29) is 16.8 Å². The van der Waals surface area contributed by atoms with E-state index in [0.717, 1.165) is 31.2 Å². The van der Waals surface area contributed by atoms with Crippen molar-refractivity contribution in [3.63, 3.8) is 0 Å². The van der Waals surface area contributed by atoms with E-state index in [1.165, 1.54) is 12.8 Å². The number of nitrogens with one attached hydrogen (secondary N) is 1. The minimum Gasteiger partial charge on any atom is -0.378 e. The van der Waals surface area contributed by atoms with Gasteiger partial charge in [-0.25, -0.2) is 0 Å². The highest BCUT2D eigenvalue weighted by Crippen LogP contribution is 2.73. The van der Waals surface area contributed by atoms with Gasteiger partial charge in [0.2, 0.25) is 0 Å². The van der Waals surface area contributed by atoms with Crippen LogP contribution in [0.4, 0.5) is 0 Å². The predicted molar refractivity (Wildman–Crippen MR) is 99.0 cm³/mol. The zero-order valence-electron chi connectivity index (χ0n) is 16.3. The summed E-state index contributed by atoms with van der Waals surface area (Å²) in [5.41, 5.74) is 0.531. The van der Waals surface area contributed by atoms with E-state index in [2.05, 4.69) is 33.0 Å². The first kappa shape index (κ1) is 19.6. The van der Waals surface area contributed by atoms with Crippen LogP contribution in [0.3, 0.4) is 0 Å². The molecule has 0 aromatic rings. The fraction of sp³-hybridized carbons (Fsp3) is 1.00. The average molecular weight is 374 g/mol. The van der Waals surface area contributed by atoms with Crippen LogP contribution < -0.4 is 5.32 Å². The van der Waals surface area contributed by atoms with E-state index in [0.29, 0.717) is 23.8 Å². The summed E-state index contributed by atoms with van der Waals surface area (Å²) >= 11 is 0. The minimum atomic E-state index is -3.90. The Labute approximate surface area is 153 Å². The summed E-state index contributed by atoms with van der Waals surface area (Å²) in [6.07, 6.45) is 4.73. The van der Waals surface area contributed by atoms with Crippen molar-refractivity contribution in [2.24, 2.45) is 34.5 Å². The molecule has 3 aliphatic carbocycles. The molecule has 0 aromatic heterocycles. The largest absolute Gasteiger partial charge is 0.378 e. The van der Waals surface area contributed by atoms with Crippen molar-refractivity contribution < 1.29 is 17.7 Å². The number of hydrogen-bond donors (Lipinski definition) is 2. The van der Waals surface area contributed by atoms with Gasteiger partial charge in [-0.3, -0.25) is 4.55 Å². The van der Waals surface area contributed by atoms with Crippen LogP contribution in [0, 0.1) is 34.5 Å². The van der Waals surface area contributed by atoms with Crippen molar-refractivity contribution in [2.45, 2.75) is 59.0 Å². The van der Waals surface area contributed by atoms with Crippen molar-refractivity contribution in [1.82, 2.24) is 5.32 Å². The topological polar surface area (TPSA) is 75.6 Å². The van der Waals surface area contributed by atoms with Crippen LogP contribution in [0.2, 0.25) is 0 Å². The molecule has 25 heavy (non-hydrogen) atoms. The molecular formula is C19H35NO4S. The summed E-state index contributed by atoms with van der Waals surface area (Å²) in [6.45, 7) is 10.6. The van der Waals surface area contributed by atoms with Gasteiger partial charge in [0, 0.05) is 20.2 Å². The molecule has 0 spiro atoms. The Morgan fingerprint density at radius 1 is 1.08 bits per heavy atom. The van der Waals surface area contributed by atoms with Gasteiger partial charge in [0.25, 0.3) is 10.1 Å². The molecule has 0 amide bonds. The second-order valence-electron chi connectivity index (χ2n) is 9.80. The first-order valence-electron chi connectivity index (χ1n) is 9.66. The highest BCUT2D eigenvalue weighted by molar-refractivity contribution is 7.85. The van der Waals surface area contributed by atoms with E-state index < -0.39 is 10.1 Å². The highest BCUT2D eigenvalue weighted by atomic mass is 32.2. The quantitative estimate of drug-likeness (QED) is 0.553. The molecule has 3 aliphatic rings. The van der Waals surface area contributed by atoms with Crippen molar-refractivity contribution in [1.29, 1.82) is 0 Å². The lowest BCUT2D eigenvalue weighted by atomic mass is 9.68. The average Bonchev–Trinajstić information content (AvgIpc) is 2.92. The van der Waals surface area contributed by atoms with Gasteiger partial charge in [0.1, 0.15) is 0 Å². The Morgan fingerprint density at radius 3 is 2.32 bits per heavy atom. The van der Waals surface area contributed by atoms with Crippen molar-refractivity contribution in [2.75, 3.05) is 26.0 Å². The van der Waals surface area contributed by atoms with Crippen molar-refractivity contribution in [3.05, 3.63) is 0 Å². The van der Waals surface area contributed by atoms with Crippen molar-refractivity contribution >= 4 is 10.1 Å². The zero-order chi connectivity index (χ0) is 18.7. The summed E-state index contributed by atoms with van der Waals surface area (Å²) in [6, 6.07) is 0. The second-order valence-corrected chi connectivity index (χ2v) is 11.4. The SMILES string of the molecule is CO[C@@]1(C)CC[C@@H]2[C@H]([C@H]3[C@@H]1CC[C@]3(C)CNCCS(=O)(=O)O)C2(C)C. The molecule has 0 heterocycles. The second kappa shape index (κ2) is 6.18. The summed E-state index contributed by atoms with van der Waals surface area (Å²) < 4.78 is 36.9. The first-order valence-corrected chi connectivity index (χ1v) is 11.3. The molecule has 3 fully saturated rings. The van der Waals surface area contributed by atoms with Crippen molar-refractivity contribution in [3.8, 4) is 0 Å². The number of fused-ring (bicyclic) bond motifs is 3. The fourth-order valence-corrected chi connectivity index (χ4v) is 6.80. The van der Waals surface area contributed by atoms with Crippen LogP contribution in [-0.4, -0.2) is 44.5 Å². The van der Waals surface area contributed by atoms with Crippen LogP contribution in [0.5, 0.6) is 0 Å².